The van der Waals surface area contributed by atoms with Crippen LogP contribution in [-0.2, 0) is 20.8 Å². The molecule has 2 saturated heterocycles. The maximum Gasteiger partial charge on any atom is 0.260 e. The molecule has 2 heterocycles. The Morgan fingerprint density at radius 3 is 2.42 bits per heavy atom. The lowest BCUT2D eigenvalue weighted by atomic mass is 10.1. The summed E-state index contributed by atoms with van der Waals surface area (Å²) in [6.45, 7) is 10.7. The fraction of sp³-hybridized carbons (Fsp3) is 0.625. The highest BCUT2D eigenvalue weighted by Gasteiger charge is 2.41. The molecule has 1 unspecified atom stereocenters. The van der Waals surface area contributed by atoms with E-state index in [2.05, 4.69) is 6.92 Å². The lowest BCUT2D eigenvalue weighted by molar-refractivity contribution is -0.137. The normalized spacial score (nSPS) is 20.1. The molecule has 0 saturated carbocycles. The summed E-state index contributed by atoms with van der Waals surface area (Å²) < 4.78 is 5.78. The molecule has 2 aliphatic heterocycles. The highest BCUT2D eigenvalue weighted by Crippen LogP contribution is 2.27. The minimum Gasteiger partial charge on any atom is -0.483 e. The van der Waals surface area contributed by atoms with Crippen LogP contribution in [-0.4, -0.2) is 77.3 Å². The molecule has 0 aromatic heterocycles. The van der Waals surface area contributed by atoms with E-state index in [1.165, 1.54) is 0 Å². The summed E-state index contributed by atoms with van der Waals surface area (Å²) in [7, 11) is 0. The van der Waals surface area contributed by atoms with Crippen molar-refractivity contribution in [2.24, 2.45) is 5.92 Å². The van der Waals surface area contributed by atoms with Crippen LogP contribution in [0.2, 0.25) is 0 Å². The number of nitrogens with zero attached hydrogens (tertiary/aromatic N) is 3. The van der Waals surface area contributed by atoms with Gasteiger partial charge in [-0.15, -0.1) is 0 Å². The summed E-state index contributed by atoms with van der Waals surface area (Å²) in [5.41, 5.74) is 0.809. The first-order valence-electron chi connectivity index (χ1n) is 11.3. The fourth-order valence-corrected chi connectivity index (χ4v) is 4.33. The van der Waals surface area contributed by atoms with Gasteiger partial charge in [0.2, 0.25) is 11.8 Å². The van der Waals surface area contributed by atoms with E-state index < -0.39 is 0 Å². The maximum absolute atomic E-state index is 13.0. The van der Waals surface area contributed by atoms with Crippen LogP contribution in [0.15, 0.2) is 24.3 Å². The van der Waals surface area contributed by atoms with E-state index >= 15 is 0 Å². The molecule has 7 heteroatoms. The van der Waals surface area contributed by atoms with Crippen LogP contribution in [0.1, 0.15) is 46.1 Å². The third-order valence-corrected chi connectivity index (χ3v) is 6.15. The summed E-state index contributed by atoms with van der Waals surface area (Å²) in [5.74, 6) is 0.474. The van der Waals surface area contributed by atoms with Crippen molar-refractivity contribution >= 4 is 17.7 Å². The van der Waals surface area contributed by atoms with E-state index in [0.29, 0.717) is 32.7 Å². The van der Waals surface area contributed by atoms with Gasteiger partial charge in [0.1, 0.15) is 5.75 Å². The molecule has 0 bridgehead atoms. The number of hydrogen-bond acceptors (Lipinski definition) is 4. The summed E-state index contributed by atoms with van der Waals surface area (Å²) >= 11 is 0. The molecule has 1 aromatic rings. The number of hydrogen-bond donors (Lipinski definition) is 0. The van der Waals surface area contributed by atoms with Gasteiger partial charge in [0.05, 0.1) is 5.92 Å². The molecule has 0 aliphatic carbocycles. The number of para-hydroxylation sites is 1. The van der Waals surface area contributed by atoms with Gasteiger partial charge in [0.15, 0.2) is 6.61 Å². The van der Waals surface area contributed by atoms with E-state index in [4.69, 9.17) is 4.74 Å². The Bertz CT molecular complexity index is 817. The number of ether oxygens (including phenoxy) is 1. The van der Waals surface area contributed by atoms with E-state index in [9.17, 15) is 14.4 Å². The number of benzene rings is 1. The molecule has 2 aliphatic rings. The van der Waals surface area contributed by atoms with Crippen LogP contribution in [0.4, 0.5) is 0 Å². The molecule has 1 atom stereocenters. The van der Waals surface area contributed by atoms with E-state index in [1.807, 2.05) is 49.9 Å². The minimum atomic E-state index is -0.289. The average Bonchev–Trinajstić information content (AvgIpc) is 2.98. The molecule has 0 N–H and O–H groups in total. The Hall–Kier alpha value is -2.57. The molecule has 170 valence electrons. The number of rotatable bonds is 5. The van der Waals surface area contributed by atoms with Gasteiger partial charge in [-0.25, -0.2) is 0 Å². The van der Waals surface area contributed by atoms with Crippen molar-refractivity contribution < 1.29 is 19.1 Å². The average molecular weight is 430 g/mol. The zero-order valence-corrected chi connectivity index (χ0v) is 19.2. The second kappa shape index (κ2) is 9.71. The predicted octanol–water partition coefficient (Wildman–Crippen LogP) is 2.34. The topological polar surface area (TPSA) is 70.2 Å². The lowest BCUT2D eigenvalue weighted by Gasteiger charge is -2.32. The Morgan fingerprint density at radius 1 is 1.06 bits per heavy atom. The van der Waals surface area contributed by atoms with Crippen molar-refractivity contribution in [3.63, 3.8) is 0 Å². The van der Waals surface area contributed by atoms with E-state index in [0.717, 1.165) is 24.2 Å². The van der Waals surface area contributed by atoms with Crippen LogP contribution in [0.25, 0.3) is 0 Å². The highest BCUT2D eigenvalue weighted by molar-refractivity contribution is 5.89. The maximum atomic E-state index is 13.0. The summed E-state index contributed by atoms with van der Waals surface area (Å²) in [5, 5.41) is 0. The Morgan fingerprint density at radius 2 is 1.74 bits per heavy atom. The van der Waals surface area contributed by atoms with Crippen molar-refractivity contribution in [3.8, 4) is 5.75 Å². The first-order chi connectivity index (χ1) is 14.7. The lowest BCUT2D eigenvalue weighted by Crippen LogP contribution is -2.44. The van der Waals surface area contributed by atoms with Crippen LogP contribution >= 0.6 is 0 Å². The van der Waals surface area contributed by atoms with Gasteiger partial charge in [0.25, 0.3) is 5.91 Å². The van der Waals surface area contributed by atoms with Crippen molar-refractivity contribution in [1.29, 1.82) is 0 Å². The molecule has 7 nitrogen and oxygen atoms in total. The second-order valence-electron chi connectivity index (χ2n) is 9.39. The van der Waals surface area contributed by atoms with Crippen molar-refractivity contribution in [1.82, 2.24) is 14.7 Å². The molecular weight excluding hydrogens is 394 g/mol. The fourth-order valence-electron chi connectivity index (χ4n) is 4.33. The van der Waals surface area contributed by atoms with Crippen molar-refractivity contribution in [2.45, 2.75) is 52.5 Å². The van der Waals surface area contributed by atoms with Crippen LogP contribution in [0.5, 0.6) is 5.75 Å². The highest BCUT2D eigenvalue weighted by atomic mass is 16.5. The number of likely N-dealkylation sites (tertiary alicyclic amines) is 1. The number of aryl methyl sites for hydroxylation is 1. The molecule has 3 rings (SSSR count). The Kier molecular flexibility index (Phi) is 7.23. The van der Waals surface area contributed by atoms with E-state index in [1.54, 1.807) is 9.80 Å². The smallest absolute Gasteiger partial charge is 0.260 e. The Labute approximate surface area is 185 Å². The third kappa shape index (κ3) is 5.57. The van der Waals surface area contributed by atoms with Gasteiger partial charge >= 0.3 is 0 Å². The minimum absolute atomic E-state index is 0.00261. The SMILES string of the molecule is CCc1ccccc1OCC(=O)N1CCCN(C(=O)C2CC(=O)N(C(C)(C)C)C2)CC1. The zero-order chi connectivity index (χ0) is 22.6. The molecule has 1 aromatic carbocycles. The van der Waals surface area contributed by atoms with Crippen LogP contribution in [0.3, 0.4) is 0 Å². The number of carbonyl (C=O) groups excluding carboxylic acids is 3. The quantitative estimate of drug-likeness (QED) is 0.720. The molecular formula is C24H35N3O4. The summed E-state index contributed by atoms with van der Waals surface area (Å²) in [6, 6.07) is 7.76. The van der Waals surface area contributed by atoms with Gasteiger partial charge in [-0.2, -0.15) is 0 Å². The van der Waals surface area contributed by atoms with Gasteiger partial charge < -0.3 is 19.4 Å². The number of carbonyl (C=O) groups is 3. The molecule has 2 fully saturated rings. The largest absolute Gasteiger partial charge is 0.483 e. The first kappa shape index (κ1) is 23.1. The van der Waals surface area contributed by atoms with Crippen LogP contribution < -0.4 is 4.74 Å². The van der Waals surface area contributed by atoms with Crippen molar-refractivity contribution in [3.05, 3.63) is 29.8 Å². The van der Waals surface area contributed by atoms with Gasteiger partial charge in [-0.1, -0.05) is 25.1 Å². The standard InChI is InChI=1S/C24H35N3O4/c1-5-18-9-6-7-10-20(18)31-17-22(29)25-11-8-12-26(14-13-25)23(30)19-15-21(28)27(16-19)24(2,3)4/h6-7,9-10,19H,5,8,11-17H2,1-4H3. The second-order valence-corrected chi connectivity index (χ2v) is 9.39. The monoisotopic (exact) mass is 429 g/mol. The van der Waals surface area contributed by atoms with Gasteiger partial charge in [-0.3, -0.25) is 14.4 Å². The van der Waals surface area contributed by atoms with Gasteiger partial charge in [0, 0.05) is 44.7 Å². The predicted molar refractivity (Wildman–Crippen MR) is 119 cm³/mol. The van der Waals surface area contributed by atoms with Gasteiger partial charge in [-0.05, 0) is 45.2 Å². The molecule has 31 heavy (non-hydrogen) atoms. The summed E-state index contributed by atoms with van der Waals surface area (Å²) in [6.07, 6.45) is 1.86. The molecule has 0 radical (unpaired) electrons. The molecule has 3 amide bonds. The van der Waals surface area contributed by atoms with Crippen LogP contribution in [0, 0.1) is 5.92 Å². The third-order valence-electron chi connectivity index (χ3n) is 6.15. The first-order valence-corrected chi connectivity index (χ1v) is 11.3. The molecule has 0 spiro atoms. The Balaban J connectivity index is 1.52. The number of amides is 3. The zero-order valence-electron chi connectivity index (χ0n) is 19.2. The summed E-state index contributed by atoms with van der Waals surface area (Å²) in [4.78, 5) is 43.5. The van der Waals surface area contributed by atoms with E-state index in [-0.39, 0.29) is 42.2 Å². The van der Waals surface area contributed by atoms with Crippen molar-refractivity contribution in [2.75, 3.05) is 39.3 Å².